The van der Waals surface area contributed by atoms with Gasteiger partial charge in [-0.1, -0.05) is 6.42 Å². The largest absolute Gasteiger partial charge is 0.354 e. The van der Waals surface area contributed by atoms with Crippen molar-refractivity contribution in [1.29, 1.82) is 0 Å². The Labute approximate surface area is 96.8 Å². The molecular formula is C12H21N3O. The highest BCUT2D eigenvalue weighted by Crippen LogP contribution is 1.98. The molecule has 0 fully saturated rings. The molecular weight excluding hydrogens is 202 g/mol. The number of nitrogens with one attached hydrogen (secondary N) is 1. The number of amides is 1. The fourth-order valence-electron chi connectivity index (χ4n) is 1.54. The van der Waals surface area contributed by atoms with E-state index in [1.807, 2.05) is 24.5 Å². The monoisotopic (exact) mass is 223 g/mol. The summed E-state index contributed by atoms with van der Waals surface area (Å²) in [6.45, 7) is 2.25. The topological polar surface area (TPSA) is 60.1 Å². The summed E-state index contributed by atoms with van der Waals surface area (Å²) < 4.78 is 2.05. The molecule has 1 rings (SSSR count). The third-order valence-corrected chi connectivity index (χ3v) is 2.47. The van der Waals surface area contributed by atoms with Gasteiger partial charge in [0, 0.05) is 31.9 Å². The van der Waals surface area contributed by atoms with Gasteiger partial charge in [0.2, 0.25) is 5.91 Å². The van der Waals surface area contributed by atoms with Gasteiger partial charge in [-0.2, -0.15) is 0 Å². The average Bonchev–Trinajstić information content (AvgIpc) is 2.77. The number of carbonyl (C=O) groups excluding carboxylic acids is 1. The highest BCUT2D eigenvalue weighted by Gasteiger charge is 1.99. The van der Waals surface area contributed by atoms with Gasteiger partial charge >= 0.3 is 0 Å². The number of nitrogens with zero attached hydrogens (tertiary/aromatic N) is 1. The van der Waals surface area contributed by atoms with Crippen molar-refractivity contribution in [2.24, 2.45) is 5.73 Å². The minimum absolute atomic E-state index is 0.143. The summed E-state index contributed by atoms with van der Waals surface area (Å²) in [6.07, 6.45) is 7.59. The predicted octanol–water partition coefficient (Wildman–Crippen LogP) is 1.12. The van der Waals surface area contributed by atoms with Crippen LogP contribution < -0.4 is 11.1 Å². The first-order valence-corrected chi connectivity index (χ1v) is 5.90. The van der Waals surface area contributed by atoms with E-state index < -0.39 is 0 Å². The summed E-state index contributed by atoms with van der Waals surface area (Å²) in [4.78, 5) is 11.4. The Kier molecular flexibility index (Phi) is 6.33. The van der Waals surface area contributed by atoms with E-state index in [0.29, 0.717) is 13.0 Å². The van der Waals surface area contributed by atoms with Crippen LogP contribution in [0, 0.1) is 0 Å². The average molecular weight is 223 g/mol. The van der Waals surface area contributed by atoms with Crippen LogP contribution in [0.2, 0.25) is 0 Å². The molecule has 0 spiro atoms. The van der Waals surface area contributed by atoms with E-state index in [1.165, 1.54) is 0 Å². The van der Waals surface area contributed by atoms with E-state index in [-0.39, 0.29) is 5.91 Å². The molecule has 3 N–H and O–H groups in total. The van der Waals surface area contributed by atoms with Crippen molar-refractivity contribution in [3.63, 3.8) is 0 Å². The Balaban J connectivity index is 1.98. The predicted molar refractivity (Wildman–Crippen MR) is 65.0 cm³/mol. The molecule has 4 nitrogen and oxygen atoms in total. The molecule has 4 heteroatoms. The quantitative estimate of drug-likeness (QED) is 0.649. The maximum Gasteiger partial charge on any atom is 0.220 e. The van der Waals surface area contributed by atoms with Crippen LogP contribution in [0.5, 0.6) is 0 Å². The van der Waals surface area contributed by atoms with Crippen LogP contribution in [0.1, 0.15) is 25.7 Å². The number of hydrogen-bond acceptors (Lipinski definition) is 2. The number of hydrogen-bond donors (Lipinski definition) is 2. The lowest BCUT2D eigenvalue weighted by molar-refractivity contribution is -0.121. The zero-order valence-corrected chi connectivity index (χ0v) is 9.69. The zero-order chi connectivity index (χ0) is 11.6. The summed E-state index contributed by atoms with van der Waals surface area (Å²) in [5.74, 6) is 0.143. The molecule has 0 bridgehead atoms. The third-order valence-electron chi connectivity index (χ3n) is 2.47. The Morgan fingerprint density at radius 3 is 2.62 bits per heavy atom. The van der Waals surface area contributed by atoms with Gasteiger partial charge in [-0.25, -0.2) is 0 Å². The van der Waals surface area contributed by atoms with Crippen molar-refractivity contribution in [2.75, 3.05) is 13.1 Å². The first-order valence-electron chi connectivity index (χ1n) is 5.90. The van der Waals surface area contributed by atoms with Crippen LogP contribution in [-0.2, 0) is 11.3 Å². The Morgan fingerprint density at radius 2 is 1.94 bits per heavy atom. The number of nitrogens with two attached hydrogens (primary N) is 1. The standard InChI is InChI=1S/C12H21N3O/c13-7-3-1-2-6-12(16)14-8-11-15-9-4-5-10-15/h4-5,9-10H,1-3,6-8,11,13H2,(H,14,16). The van der Waals surface area contributed by atoms with Crippen LogP contribution in [-0.4, -0.2) is 23.6 Å². The minimum atomic E-state index is 0.143. The molecule has 0 radical (unpaired) electrons. The minimum Gasteiger partial charge on any atom is -0.354 e. The van der Waals surface area contributed by atoms with Crippen molar-refractivity contribution < 1.29 is 4.79 Å². The van der Waals surface area contributed by atoms with E-state index in [1.54, 1.807) is 0 Å². The molecule has 0 atom stereocenters. The second-order valence-electron chi connectivity index (χ2n) is 3.87. The van der Waals surface area contributed by atoms with Gasteiger partial charge in [-0.05, 0) is 31.5 Å². The number of aromatic nitrogens is 1. The van der Waals surface area contributed by atoms with Gasteiger partial charge in [0.15, 0.2) is 0 Å². The molecule has 0 unspecified atom stereocenters. The number of unbranched alkanes of at least 4 members (excludes halogenated alkanes) is 2. The van der Waals surface area contributed by atoms with Crippen molar-refractivity contribution in [1.82, 2.24) is 9.88 Å². The SMILES string of the molecule is NCCCCCC(=O)NCCn1cccc1. The van der Waals surface area contributed by atoms with Crippen LogP contribution >= 0.6 is 0 Å². The first kappa shape index (κ1) is 12.8. The molecule has 1 aromatic rings. The molecule has 90 valence electrons. The van der Waals surface area contributed by atoms with Crippen molar-refractivity contribution in [3.8, 4) is 0 Å². The molecule has 0 saturated heterocycles. The Morgan fingerprint density at radius 1 is 1.19 bits per heavy atom. The van der Waals surface area contributed by atoms with Gasteiger partial charge in [0.05, 0.1) is 0 Å². The van der Waals surface area contributed by atoms with Crippen LogP contribution in [0.4, 0.5) is 0 Å². The first-order chi connectivity index (χ1) is 7.83. The van der Waals surface area contributed by atoms with E-state index in [4.69, 9.17) is 5.73 Å². The summed E-state index contributed by atoms with van der Waals surface area (Å²) in [5.41, 5.74) is 5.38. The second-order valence-corrected chi connectivity index (χ2v) is 3.87. The van der Waals surface area contributed by atoms with Crippen LogP contribution in [0.25, 0.3) is 0 Å². The fourth-order valence-corrected chi connectivity index (χ4v) is 1.54. The van der Waals surface area contributed by atoms with Crippen LogP contribution in [0.3, 0.4) is 0 Å². The molecule has 0 aromatic carbocycles. The lowest BCUT2D eigenvalue weighted by Gasteiger charge is -2.05. The van der Waals surface area contributed by atoms with Crippen molar-refractivity contribution >= 4 is 5.91 Å². The highest BCUT2D eigenvalue weighted by atomic mass is 16.1. The van der Waals surface area contributed by atoms with Gasteiger partial charge in [-0.15, -0.1) is 0 Å². The summed E-state index contributed by atoms with van der Waals surface area (Å²) >= 11 is 0. The maximum atomic E-state index is 11.4. The lowest BCUT2D eigenvalue weighted by Crippen LogP contribution is -2.26. The van der Waals surface area contributed by atoms with Crippen molar-refractivity contribution in [2.45, 2.75) is 32.2 Å². The molecule has 16 heavy (non-hydrogen) atoms. The second kappa shape index (κ2) is 7.93. The molecule has 1 heterocycles. The van der Waals surface area contributed by atoms with E-state index >= 15 is 0 Å². The molecule has 0 aliphatic heterocycles. The molecule has 1 aromatic heterocycles. The lowest BCUT2D eigenvalue weighted by atomic mass is 10.2. The van der Waals surface area contributed by atoms with E-state index in [0.717, 1.165) is 32.4 Å². The zero-order valence-electron chi connectivity index (χ0n) is 9.69. The van der Waals surface area contributed by atoms with Gasteiger partial charge in [-0.3, -0.25) is 4.79 Å². The number of rotatable bonds is 8. The van der Waals surface area contributed by atoms with Crippen molar-refractivity contribution in [3.05, 3.63) is 24.5 Å². The van der Waals surface area contributed by atoms with Crippen LogP contribution in [0.15, 0.2) is 24.5 Å². The Hall–Kier alpha value is -1.29. The fraction of sp³-hybridized carbons (Fsp3) is 0.583. The molecule has 0 aliphatic rings. The smallest absolute Gasteiger partial charge is 0.220 e. The molecule has 0 aliphatic carbocycles. The maximum absolute atomic E-state index is 11.4. The number of carbonyl (C=O) groups is 1. The van der Waals surface area contributed by atoms with Gasteiger partial charge in [0.25, 0.3) is 0 Å². The summed E-state index contributed by atoms with van der Waals surface area (Å²) in [5, 5.41) is 2.91. The Bertz CT molecular complexity index is 282. The molecule has 0 saturated carbocycles. The van der Waals surface area contributed by atoms with E-state index in [2.05, 4.69) is 9.88 Å². The van der Waals surface area contributed by atoms with Gasteiger partial charge in [0.1, 0.15) is 0 Å². The van der Waals surface area contributed by atoms with E-state index in [9.17, 15) is 4.79 Å². The normalized spacial score (nSPS) is 10.3. The highest BCUT2D eigenvalue weighted by molar-refractivity contribution is 5.75. The molecule has 1 amide bonds. The summed E-state index contributed by atoms with van der Waals surface area (Å²) in [7, 11) is 0. The summed E-state index contributed by atoms with van der Waals surface area (Å²) in [6, 6.07) is 3.96. The van der Waals surface area contributed by atoms with Gasteiger partial charge < -0.3 is 15.6 Å². The third kappa shape index (κ3) is 5.56.